The molecule has 1 atom stereocenters. The van der Waals surface area contributed by atoms with Gasteiger partial charge in [-0.2, -0.15) is 14.6 Å². The molecule has 3 aromatic heterocycles. The Morgan fingerprint density at radius 1 is 0.947 bits per heavy atom. The van der Waals surface area contributed by atoms with Gasteiger partial charge in [-0.15, -0.1) is 5.10 Å². The maximum Gasteiger partial charge on any atom is 0.291 e. The first-order chi connectivity index (χ1) is 18.6. The molecule has 10 heteroatoms. The minimum atomic E-state index is -0.496. The Morgan fingerprint density at radius 2 is 1.71 bits per heavy atom. The molecule has 0 spiro atoms. The van der Waals surface area contributed by atoms with E-state index in [-0.39, 0.29) is 12.2 Å². The summed E-state index contributed by atoms with van der Waals surface area (Å²) in [6.45, 7) is 0.269. The van der Waals surface area contributed by atoms with E-state index in [0.29, 0.717) is 31.8 Å². The highest BCUT2D eigenvalue weighted by Crippen LogP contribution is 2.35. The molecule has 0 N–H and O–H groups in total. The summed E-state index contributed by atoms with van der Waals surface area (Å²) in [5.74, 6) is 1.72. The van der Waals surface area contributed by atoms with E-state index in [1.807, 2.05) is 91.1 Å². The van der Waals surface area contributed by atoms with Crippen LogP contribution in [0.3, 0.4) is 0 Å². The molecule has 1 unspecified atom stereocenters. The standard InChI is InChI=1S/C28H18ClN5O3S/c29-19-12-10-17(11-13-19)25-18(15-33(31-25)20-6-2-1-3-7-20)14-24-27(35)34-28(38-24)30-26(32-34)23-16-36-21-8-4-5-9-22(21)37-23/h1-15,23H,16H2. The number of benzene rings is 3. The van der Waals surface area contributed by atoms with E-state index in [1.54, 1.807) is 4.68 Å². The number of nitrogens with zero attached hydrogens (tertiary/aromatic N) is 5. The maximum atomic E-state index is 13.3. The molecule has 8 nitrogen and oxygen atoms in total. The van der Waals surface area contributed by atoms with Crippen LogP contribution in [0.4, 0.5) is 0 Å². The Morgan fingerprint density at radius 3 is 2.50 bits per heavy atom. The van der Waals surface area contributed by atoms with Crippen molar-refractivity contribution < 1.29 is 9.47 Å². The van der Waals surface area contributed by atoms with E-state index < -0.39 is 6.10 Å². The Kier molecular flexibility index (Phi) is 5.45. The van der Waals surface area contributed by atoms with Gasteiger partial charge in [-0.25, -0.2) is 4.68 Å². The third kappa shape index (κ3) is 4.02. The molecule has 0 saturated carbocycles. The van der Waals surface area contributed by atoms with Crippen LogP contribution in [0, 0.1) is 0 Å². The van der Waals surface area contributed by atoms with E-state index >= 15 is 0 Å². The van der Waals surface area contributed by atoms with Gasteiger partial charge in [0, 0.05) is 22.3 Å². The second-order valence-corrected chi connectivity index (χ2v) is 10.1. The van der Waals surface area contributed by atoms with Gasteiger partial charge in [-0.1, -0.05) is 65.4 Å². The van der Waals surface area contributed by atoms with Crippen molar-refractivity contribution in [1.82, 2.24) is 24.4 Å². The second-order valence-electron chi connectivity index (χ2n) is 8.66. The highest BCUT2D eigenvalue weighted by Gasteiger charge is 2.27. The molecule has 3 aromatic carbocycles. The van der Waals surface area contributed by atoms with E-state index in [2.05, 4.69) is 10.1 Å². The zero-order valence-corrected chi connectivity index (χ0v) is 21.3. The zero-order chi connectivity index (χ0) is 25.6. The fourth-order valence-electron chi connectivity index (χ4n) is 4.31. The third-order valence-electron chi connectivity index (χ3n) is 6.16. The largest absolute Gasteiger partial charge is 0.485 e. The number of para-hydroxylation sites is 3. The summed E-state index contributed by atoms with van der Waals surface area (Å²) in [4.78, 5) is 18.4. The SMILES string of the molecule is O=c1c(=Cc2cn(-c3ccccc3)nc2-c2ccc(Cl)cc2)sc2nc(C3COc4ccccc4O3)nn12. The number of ether oxygens (including phenoxy) is 2. The van der Waals surface area contributed by atoms with Crippen LogP contribution >= 0.6 is 22.9 Å². The summed E-state index contributed by atoms with van der Waals surface area (Å²) >= 11 is 7.38. The first-order valence-electron chi connectivity index (χ1n) is 11.8. The van der Waals surface area contributed by atoms with Crippen LogP contribution in [-0.4, -0.2) is 31.0 Å². The lowest BCUT2D eigenvalue weighted by Crippen LogP contribution is -2.26. The molecule has 6 aromatic rings. The molecule has 7 rings (SSSR count). The molecule has 0 bridgehead atoms. The van der Waals surface area contributed by atoms with Crippen LogP contribution in [0.5, 0.6) is 11.5 Å². The van der Waals surface area contributed by atoms with Gasteiger partial charge in [0.2, 0.25) is 4.96 Å². The number of halogens is 1. The molecular weight excluding hydrogens is 522 g/mol. The lowest BCUT2D eigenvalue weighted by atomic mass is 10.1. The first-order valence-corrected chi connectivity index (χ1v) is 13.0. The number of rotatable bonds is 4. The van der Waals surface area contributed by atoms with Crippen LogP contribution in [-0.2, 0) is 0 Å². The zero-order valence-electron chi connectivity index (χ0n) is 19.7. The van der Waals surface area contributed by atoms with Crippen molar-refractivity contribution >= 4 is 34.0 Å². The van der Waals surface area contributed by atoms with E-state index in [4.69, 9.17) is 26.2 Å². The Balaban J connectivity index is 1.29. The molecular formula is C28H18ClN5O3S. The minimum Gasteiger partial charge on any atom is -0.485 e. The van der Waals surface area contributed by atoms with Gasteiger partial charge in [0.1, 0.15) is 12.3 Å². The van der Waals surface area contributed by atoms with Crippen molar-refractivity contribution in [1.29, 1.82) is 0 Å². The van der Waals surface area contributed by atoms with Gasteiger partial charge in [0.15, 0.2) is 23.4 Å². The highest BCUT2D eigenvalue weighted by molar-refractivity contribution is 7.15. The summed E-state index contributed by atoms with van der Waals surface area (Å²) in [7, 11) is 0. The summed E-state index contributed by atoms with van der Waals surface area (Å²) in [6.07, 6.45) is 3.24. The van der Waals surface area contributed by atoms with Crippen molar-refractivity contribution in [2.45, 2.75) is 6.10 Å². The molecule has 4 heterocycles. The number of hydrogen-bond donors (Lipinski definition) is 0. The summed E-state index contributed by atoms with van der Waals surface area (Å²) < 4.78 is 15.4. The van der Waals surface area contributed by atoms with E-state index in [1.165, 1.54) is 15.9 Å². The van der Waals surface area contributed by atoms with Gasteiger partial charge in [0.05, 0.1) is 10.2 Å². The average molecular weight is 540 g/mol. The molecule has 38 heavy (non-hydrogen) atoms. The fraction of sp³-hybridized carbons (Fsp3) is 0.0714. The normalized spacial score (nSPS) is 15.3. The van der Waals surface area contributed by atoms with Crippen LogP contribution in [0.25, 0.3) is 28.0 Å². The van der Waals surface area contributed by atoms with Gasteiger partial charge in [0.25, 0.3) is 5.56 Å². The maximum absolute atomic E-state index is 13.3. The Bertz CT molecular complexity index is 1900. The topological polar surface area (TPSA) is 83.5 Å². The minimum absolute atomic E-state index is 0.254. The number of thiazole rings is 1. The van der Waals surface area contributed by atoms with Crippen molar-refractivity contribution in [3.63, 3.8) is 0 Å². The summed E-state index contributed by atoms with van der Waals surface area (Å²) in [5, 5.41) is 9.91. The van der Waals surface area contributed by atoms with Crippen LogP contribution in [0.2, 0.25) is 5.02 Å². The third-order valence-corrected chi connectivity index (χ3v) is 7.37. The smallest absolute Gasteiger partial charge is 0.291 e. The molecule has 1 aliphatic rings. The Hall–Kier alpha value is -4.47. The van der Waals surface area contributed by atoms with Crippen molar-refractivity contribution in [2.24, 2.45) is 0 Å². The molecule has 0 aliphatic carbocycles. The quantitative estimate of drug-likeness (QED) is 0.322. The molecule has 0 fully saturated rings. The van der Waals surface area contributed by atoms with E-state index in [0.717, 1.165) is 22.5 Å². The van der Waals surface area contributed by atoms with Gasteiger partial charge >= 0.3 is 0 Å². The second kappa shape index (κ2) is 9.13. The molecule has 0 amide bonds. The monoisotopic (exact) mass is 539 g/mol. The fourth-order valence-corrected chi connectivity index (χ4v) is 5.34. The average Bonchev–Trinajstić information content (AvgIpc) is 3.64. The van der Waals surface area contributed by atoms with Gasteiger partial charge in [-0.3, -0.25) is 4.79 Å². The number of fused-ring (bicyclic) bond motifs is 2. The predicted octanol–water partition coefficient (Wildman–Crippen LogP) is 4.72. The van der Waals surface area contributed by atoms with Gasteiger partial charge < -0.3 is 9.47 Å². The molecule has 1 aliphatic heterocycles. The molecule has 186 valence electrons. The summed E-state index contributed by atoms with van der Waals surface area (Å²) in [6, 6.07) is 24.7. The lowest BCUT2D eigenvalue weighted by Gasteiger charge is -2.24. The van der Waals surface area contributed by atoms with Crippen LogP contribution < -0.4 is 19.6 Å². The predicted molar refractivity (Wildman–Crippen MR) is 145 cm³/mol. The first kappa shape index (κ1) is 22.7. The van der Waals surface area contributed by atoms with Gasteiger partial charge in [-0.05, 0) is 42.5 Å². The lowest BCUT2D eigenvalue weighted by molar-refractivity contribution is 0.0852. The van der Waals surface area contributed by atoms with E-state index in [9.17, 15) is 4.79 Å². The molecule has 0 saturated heterocycles. The highest BCUT2D eigenvalue weighted by atomic mass is 35.5. The van der Waals surface area contributed by atoms with Crippen molar-refractivity contribution in [3.05, 3.63) is 116 Å². The molecule has 0 radical (unpaired) electrons. The van der Waals surface area contributed by atoms with Crippen molar-refractivity contribution in [2.75, 3.05) is 6.61 Å². The Labute approximate surface area is 225 Å². The number of hydrogen-bond acceptors (Lipinski definition) is 7. The van der Waals surface area contributed by atoms with Crippen LogP contribution in [0.15, 0.2) is 89.9 Å². The number of aromatic nitrogens is 5. The van der Waals surface area contributed by atoms with Crippen LogP contribution in [0.1, 0.15) is 17.5 Å². The van der Waals surface area contributed by atoms with Crippen molar-refractivity contribution in [3.8, 4) is 28.4 Å². The summed E-state index contributed by atoms with van der Waals surface area (Å²) in [5.41, 5.74) is 3.07.